The molecule has 0 aliphatic carbocycles. The van der Waals surface area contributed by atoms with Gasteiger partial charge in [0.2, 0.25) is 5.88 Å². The second kappa shape index (κ2) is 8.76. The van der Waals surface area contributed by atoms with Gasteiger partial charge in [-0.3, -0.25) is 4.90 Å². The van der Waals surface area contributed by atoms with Crippen LogP contribution in [0.2, 0.25) is 0 Å². The molecule has 2 amide bonds. The number of carboxylic acid groups (broad SMARTS) is 1. The van der Waals surface area contributed by atoms with Crippen LogP contribution >= 0.6 is 0 Å². The van der Waals surface area contributed by atoms with Crippen molar-refractivity contribution in [2.75, 3.05) is 53.4 Å². The number of aryl methyl sites for hydroxylation is 1. The zero-order chi connectivity index (χ0) is 22.1. The van der Waals surface area contributed by atoms with E-state index < -0.39 is 6.16 Å². The summed E-state index contributed by atoms with van der Waals surface area (Å²) in [4.78, 5) is 32.3. The maximum atomic E-state index is 12.9. The summed E-state index contributed by atoms with van der Waals surface area (Å²) in [7, 11) is 5.96. The van der Waals surface area contributed by atoms with Gasteiger partial charge in [-0.15, -0.1) is 0 Å². The van der Waals surface area contributed by atoms with Crippen LogP contribution in [-0.4, -0.2) is 101 Å². The maximum Gasteiger partial charge on any atom is 0.512 e. The molecular weight excluding hydrogens is 398 g/mol. The van der Waals surface area contributed by atoms with Crippen molar-refractivity contribution in [2.45, 2.75) is 19.0 Å². The molecule has 3 heterocycles. The number of hydrogen-bond acceptors (Lipinski definition) is 5. The van der Waals surface area contributed by atoms with Crippen LogP contribution in [0.4, 0.5) is 9.59 Å². The van der Waals surface area contributed by atoms with Crippen molar-refractivity contribution < 1.29 is 19.4 Å². The topological polar surface area (TPSA) is 81.5 Å². The van der Waals surface area contributed by atoms with Crippen molar-refractivity contribution in [1.29, 1.82) is 0 Å². The fraction of sp³-hybridized carbons (Fsp3) is 0.545. The van der Waals surface area contributed by atoms with E-state index in [2.05, 4.69) is 30.0 Å². The molecule has 2 aliphatic heterocycles. The number of para-hydroxylation sites is 1. The third-order valence-corrected chi connectivity index (χ3v) is 6.49. The lowest BCUT2D eigenvalue weighted by Crippen LogP contribution is -2.52. The van der Waals surface area contributed by atoms with Gasteiger partial charge >= 0.3 is 12.2 Å². The van der Waals surface area contributed by atoms with Gasteiger partial charge in [-0.2, -0.15) is 0 Å². The van der Waals surface area contributed by atoms with Gasteiger partial charge in [-0.25, -0.2) is 9.59 Å². The lowest BCUT2D eigenvalue weighted by molar-refractivity contribution is 0.113. The molecule has 0 radical (unpaired) electrons. The highest BCUT2D eigenvalue weighted by atomic mass is 16.7. The fourth-order valence-corrected chi connectivity index (χ4v) is 4.67. The number of carbonyl (C=O) groups is 2. The maximum absolute atomic E-state index is 12.9. The zero-order valence-corrected chi connectivity index (χ0v) is 18.5. The quantitative estimate of drug-likeness (QED) is 0.750. The predicted molar refractivity (Wildman–Crippen MR) is 117 cm³/mol. The number of likely N-dealkylation sites (tertiary alicyclic amines) is 1. The summed E-state index contributed by atoms with van der Waals surface area (Å²) in [6, 6.07) is 8.36. The van der Waals surface area contributed by atoms with Crippen LogP contribution in [0.3, 0.4) is 0 Å². The summed E-state index contributed by atoms with van der Waals surface area (Å²) in [6.45, 7) is 5.46. The summed E-state index contributed by atoms with van der Waals surface area (Å²) in [5.41, 5.74) is 2.09. The van der Waals surface area contributed by atoms with Gasteiger partial charge in [-0.05, 0) is 26.1 Å². The molecule has 2 saturated heterocycles. The van der Waals surface area contributed by atoms with E-state index in [9.17, 15) is 9.59 Å². The van der Waals surface area contributed by atoms with Gasteiger partial charge in [0, 0.05) is 70.4 Å². The first-order valence-corrected chi connectivity index (χ1v) is 10.7. The van der Waals surface area contributed by atoms with E-state index in [-0.39, 0.29) is 6.03 Å². The molecule has 9 heteroatoms. The van der Waals surface area contributed by atoms with E-state index >= 15 is 0 Å². The van der Waals surface area contributed by atoms with E-state index in [0.29, 0.717) is 11.9 Å². The Hall–Kier alpha value is -2.78. The Balaban J connectivity index is 1.38. The molecular formula is C22H31N5O4. The summed E-state index contributed by atoms with van der Waals surface area (Å²) in [6.07, 6.45) is -0.282. The molecule has 0 bridgehead atoms. The van der Waals surface area contributed by atoms with Crippen LogP contribution in [0, 0.1) is 0 Å². The molecule has 1 N–H and O–H groups in total. The predicted octanol–water partition coefficient (Wildman–Crippen LogP) is 2.11. The number of ether oxygens (including phenoxy) is 1. The van der Waals surface area contributed by atoms with E-state index in [1.807, 2.05) is 29.0 Å². The molecule has 1 aromatic heterocycles. The Morgan fingerprint density at radius 2 is 1.87 bits per heavy atom. The Kier molecular flexibility index (Phi) is 6.06. The minimum absolute atomic E-state index is 0.156. The zero-order valence-electron chi connectivity index (χ0n) is 18.5. The van der Waals surface area contributed by atoms with Gasteiger partial charge in [0.05, 0.1) is 5.52 Å². The number of likely N-dealkylation sites (N-methyl/N-ethyl adjacent to an activating group) is 1. The van der Waals surface area contributed by atoms with Gasteiger partial charge in [-0.1, -0.05) is 18.2 Å². The van der Waals surface area contributed by atoms with E-state index in [0.717, 1.165) is 68.7 Å². The largest absolute Gasteiger partial charge is 0.512 e. The number of piperazine rings is 1. The van der Waals surface area contributed by atoms with Crippen molar-refractivity contribution in [3.8, 4) is 5.88 Å². The highest BCUT2D eigenvalue weighted by Crippen LogP contribution is 2.28. The molecule has 4 rings (SSSR count). The van der Waals surface area contributed by atoms with Crippen LogP contribution in [0.5, 0.6) is 5.88 Å². The fourth-order valence-electron chi connectivity index (χ4n) is 4.67. The van der Waals surface area contributed by atoms with Crippen molar-refractivity contribution in [1.82, 2.24) is 24.2 Å². The number of carbonyl (C=O) groups excluding carboxylic acids is 1. The molecule has 0 saturated carbocycles. The normalized spacial score (nSPS) is 20.1. The van der Waals surface area contributed by atoms with Crippen LogP contribution in [0.15, 0.2) is 24.3 Å². The molecule has 2 fully saturated rings. The van der Waals surface area contributed by atoms with Crippen LogP contribution < -0.4 is 4.74 Å². The third kappa shape index (κ3) is 4.47. The van der Waals surface area contributed by atoms with Crippen molar-refractivity contribution in [3.63, 3.8) is 0 Å². The van der Waals surface area contributed by atoms with Crippen LogP contribution in [-0.2, 0) is 13.6 Å². The standard InChI is InChI=1S/C22H31N5O4/c1-23(2)18-7-8-27(15-18)21(28)26-11-9-25(10-12-26)14-17-6-4-5-16-13-19(31-22(29)30)24(3)20(16)17/h4-6,13,18H,7-12,14-15H2,1-3H3,(H,29,30)/t18-/m1/s1. The average Bonchev–Trinajstić information content (AvgIpc) is 3.34. The number of benzene rings is 1. The Morgan fingerprint density at radius 3 is 2.52 bits per heavy atom. The molecule has 31 heavy (non-hydrogen) atoms. The summed E-state index contributed by atoms with van der Waals surface area (Å²) < 4.78 is 6.69. The molecule has 9 nitrogen and oxygen atoms in total. The second-order valence-electron chi connectivity index (χ2n) is 8.66. The van der Waals surface area contributed by atoms with Crippen LogP contribution in [0.25, 0.3) is 10.9 Å². The highest BCUT2D eigenvalue weighted by molar-refractivity contribution is 5.86. The first-order valence-electron chi connectivity index (χ1n) is 10.7. The Labute approximate surface area is 182 Å². The van der Waals surface area contributed by atoms with E-state index in [1.165, 1.54) is 0 Å². The number of amides is 2. The number of nitrogens with zero attached hydrogens (tertiary/aromatic N) is 5. The third-order valence-electron chi connectivity index (χ3n) is 6.49. The second-order valence-corrected chi connectivity index (χ2v) is 8.66. The number of rotatable bonds is 4. The molecule has 168 valence electrons. The number of hydrogen-bond donors (Lipinski definition) is 1. The van der Waals surface area contributed by atoms with E-state index in [1.54, 1.807) is 10.6 Å². The lowest BCUT2D eigenvalue weighted by Gasteiger charge is -2.37. The molecule has 2 aromatic rings. The van der Waals surface area contributed by atoms with Crippen LogP contribution in [0.1, 0.15) is 12.0 Å². The van der Waals surface area contributed by atoms with Gasteiger partial charge in [0.25, 0.3) is 0 Å². The number of aromatic nitrogens is 1. The highest BCUT2D eigenvalue weighted by Gasteiger charge is 2.31. The van der Waals surface area contributed by atoms with Crippen molar-refractivity contribution in [3.05, 3.63) is 29.8 Å². The Bertz CT molecular complexity index is 964. The average molecular weight is 430 g/mol. The van der Waals surface area contributed by atoms with Gasteiger partial charge in [0.15, 0.2) is 0 Å². The minimum atomic E-state index is -1.32. The molecule has 1 aromatic carbocycles. The smallest absolute Gasteiger partial charge is 0.449 e. The SMILES string of the molecule is CN(C)[C@@H]1CCN(C(=O)N2CCN(Cc3cccc4cc(OC(=O)O)n(C)c34)CC2)C1. The molecule has 1 atom stereocenters. The summed E-state index contributed by atoms with van der Waals surface area (Å²) in [5.74, 6) is 0.312. The summed E-state index contributed by atoms with van der Waals surface area (Å²) >= 11 is 0. The number of urea groups is 1. The molecule has 0 unspecified atom stereocenters. The summed E-state index contributed by atoms with van der Waals surface area (Å²) in [5, 5.41) is 9.91. The first-order chi connectivity index (χ1) is 14.8. The van der Waals surface area contributed by atoms with Gasteiger partial charge < -0.3 is 29.1 Å². The van der Waals surface area contributed by atoms with Gasteiger partial charge in [0.1, 0.15) is 0 Å². The first kappa shape index (κ1) is 21.5. The number of fused-ring (bicyclic) bond motifs is 1. The Morgan fingerprint density at radius 1 is 1.13 bits per heavy atom. The van der Waals surface area contributed by atoms with Crippen molar-refractivity contribution >= 4 is 23.1 Å². The molecule has 2 aliphatic rings. The molecule has 0 spiro atoms. The van der Waals surface area contributed by atoms with E-state index in [4.69, 9.17) is 9.84 Å². The minimum Gasteiger partial charge on any atom is -0.449 e. The van der Waals surface area contributed by atoms with Crippen molar-refractivity contribution in [2.24, 2.45) is 7.05 Å². The lowest BCUT2D eigenvalue weighted by atomic mass is 10.1. The monoisotopic (exact) mass is 429 g/mol.